The van der Waals surface area contributed by atoms with Crippen LogP contribution in [0.3, 0.4) is 0 Å². The molecule has 0 spiro atoms. The Bertz CT molecular complexity index is 56.9. The summed E-state index contributed by atoms with van der Waals surface area (Å²) in [6.45, 7) is 4.57. The molecule has 0 aliphatic carbocycles. The maximum absolute atomic E-state index is 5.67. The Morgan fingerprint density at radius 2 is 2.22 bits per heavy atom. The monoisotopic (exact) mass is 164 g/mol. The first-order valence-corrected chi connectivity index (χ1v) is 7.01. The SMILES string of the molecule is CCC(C)CCC[SiH2]Cl. The molecule has 1 unspecified atom stereocenters. The summed E-state index contributed by atoms with van der Waals surface area (Å²) in [6.07, 6.45) is 4.07. The highest BCUT2D eigenvalue weighted by Crippen LogP contribution is 2.10. The summed E-state index contributed by atoms with van der Waals surface area (Å²) in [4.78, 5) is 0. The van der Waals surface area contributed by atoms with E-state index < -0.39 is 0 Å². The first-order chi connectivity index (χ1) is 4.31. The summed E-state index contributed by atoms with van der Waals surface area (Å²) in [5.41, 5.74) is 0. The lowest BCUT2D eigenvalue weighted by atomic mass is 10.0. The highest BCUT2D eigenvalue weighted by atomic mass is 35.6. The van der Waals surface area contributed by atoms with E-state index in [1.165, 1.54) is 25.3 Å². The van der Waals surface area contributed by atoms with Crippen molar-refractivity contribution in [2.45, 2.75) is 39.2 Å². The lowest BCUT2D eigenvalue weighted by molar-refractivity contribution is 0.509. The fraction of sp³-hybridized carbons (Fsp3) is 1.00. The molecule has 0 radical (unpaired) electrons. The number of hydrogen-bond donors (Lipinski definition) is 0. The number of rotatable bonds is 5. The van der Waals surface area contributed by atoms with Crippen molar-refractivity contribution in [3.63, 3.8) is 0 Å². The van der Waals surface area contributed by atoms with E-state index in [9.17, 15) is 0 Å². The third-order valence-electron chi connectivity index (χ3n) is 1.78. The molecule has 0 fully saturated rings. The Kier molecular flexibility index (Phi) is 7.00. The molecular formula is C7H17ClSi. The van der Waals surface area contributed by atoms with Crippen LogP contribution < -0.4 is 0 Å². The van der Waals surface area contributed by atoms with Crippen molar-refractivity contribution >= 4 is 19.9 Å². The van der Waals surface area contributed by atoms with Crippen LogP contribution in [0.5, 0.6) is 0 Å². The fourth-order valence-electron chi connectivity index (χ4n) is 0.791. The molecular weight excluding hydrogens is 148 g/mol. The minimum atomic E-state index is -0.164. The van der Waals surface area contributed by atoms with Crippen LogP contribution in [-0.4, -0.2) is 8.83 Å². The first-order valence-electron chi connectivity index (χ1n) is 3.87. The minimum Gasteiger partial charge on any atom is -0.176 e. The Morgan fingerprint density at radius 3 is 2.67 bits per heavy atom. The standard InChI is InChI=1S/C7H17ClSi/c1-3-7(2)5-4-6-9-8/h7H,3-6,9H2,1-2H3. The van der Waals surface area contributed by atoms with Gasteiger partial charge in [-0.3, -0.25) is 0 Å². The predicted octanol–water partition coefficient (Wildman–Crippen LogP) is 2.55. The molecule has 0 aromatic rings. The maximum Gasteiger partial charge on any atom is 0.125 e. The van der Waals surface area contributed by atoms with Gasteiger partial charge in [0, 0.05) is 0 Å². The van der Waals surface area contributed by atoms with Gasteiger partial charge < -0.3 is 0 Å². The average molecular weight is 165 g/mol. The van der Waals surface area contributed by atoms with E-state index in [0.717, 1.165) is 5.92 Å². The highest BCUT2D eigenvalue weighted by Gasteiger charge is 1.96. The molecule has 0 aliphatic heterocycles. The minimum absolute atomic E-state index is 0.164. The van der Waals surface area contributed by atoms with Gasteiger partial charge in [0.25, 0.3) is 0 Å². The van der Waals surface area contributed by atoms with Crippen LogP contribution in [-0.2, 0) is 0 Å². The Labute approximate surface area is 65.5 Å². The third-order valence-corrected chi connectivity index (χ3v) is 3.35. The van der Waals surface area contributed by atoms with Gasteiger partial charge in [-0.05, 0) is 12.0 Å². The second kappa shape index (κ2) is 6.62. The van der Waals surface area contributed by atoms with Crippen molar-refractivity contribution in [2.24, 2.45) is 5.92 Å². The second-order valence-corrected chi connectivity index (χ2v) is 4.92. The van der Waals surface area contributed by atoms with E-state index in [-0.39, 0.29) is 8.83 Å². The summed E-state index contributed by atoms with van der Waals surface area (Å²) in [7, 11) is -0.164. The molecule has 0 amide bonds. The van der Waals surface area contributed by atoms with Gasteiger partial charge in [-0.25, -0.2) is 0 Å². The first kappa shape index (κ1) is 9.51. The smallest absolute Gasteiger partial charge is 0.125 e. The van der Waals surface area contributed by atoms with Crippen molar-refractivity contribution in [2.75, 3.05) is 0 Å². The topological polar surface area (TPSA) is 0 Å². The maximum atomic E-state index is 5.67. The lowest BCUT2D eigenvalue weighted by Gasteiger charge is -2.05. The third kappa shape index (κ3) is 6.39. The van der Waals surface area contributed by atoms with Gasteiger partial charge in [0.1, 0.15) is 8.83 Å². The van der Waals surface area contributed by atoms with E-state index in [1.54, 1.807) is 0 Å². The molecule has 0 bridgehead atoms. The van der Waals surface area contributed by atoms with Crippen LogP contribution in [0.15, 0.2) is 0 Å². The van der Waals surface area contributed by atoms with Gasteiger partial charge in [0.2, 0.25) is 0 Å². The normalized spacial score (nSPS) is 15.0. The summed E-state index contributed by atoms with van der Waals surface area (Å²) in [6, 6.07) is 1.33. The predicted molar refractivity (Wildman–Crippen MR) is 47.9 cm³/mol. The van der Waals surface area contributed by atoms with E-state index in [4.69, 9.17) is 11.1 Å². The van der Waals surface area contributed by atoms with Gasteiger partial charge in [0.15, 0.2) is 0 Å². The summed E-state index contributed by atoms with van der Waals surface area (Å²) in [5, 5.41) is 0. The van der Waals surface area contributed by atoms with E-state index >= 15 is 0 Å². The van der Waals surface area contributed by atoms with E-state index in [2.05, 4.69) is 13.8 Å². The van der Waals surface area contributed by atoms with E-state index in [1.807, 2.05) is 0 Å². The molecule has 0 saturated heterocycles. The van der Waals surface area contributed by atoms with Crippen molar-refractivity contribution in [1.82, 2.24) is 0 Å². The number of hydrogen-bond acceptors (Lipinski definition) is 0. The van der Waals surface area contributed by atoms with Gasteiger partial charge in [-0.15, -0.1) is 0 Å². The van der Waals surface area contributed by atoms with Gasteiger partial charge in [-0.2, -0.15) is 11.1 Å². The largest absolute Gasteiger partial charge is 0.176 e. The zero-order valence-corrected chi connectivity index (χ0v) is 8.66. The molecule has 0 aromatic heterocycles. The Morgan fingerprint density at radius 1 is 1.56 bits per heavy atom. The van der Waals surface area contributed by atoms with Crippen molar-refractivity contribution in [3.05, 3.63) is 0 Å². The number of halogens is 1. The molecule has 2 heteroatoms. The Balaban J connectivity index is 2.88. The summed E-state index contributed by atoms with van der Waals surface area (Å²) in [5.74, 6) is 0.919. The summed E-state index contributed by atoms with van der Waals surface area (Å²) < 4.78 is 0. The Hall–Kier alpha value is 0.507. The summed E-state index contributed by atoms with van der Waals surface area (Å²) >= 11 is 5.67. The van der Waals surface area contributed by atoms with Crippen LogP contribution in [0, 0.1) is 5.92 Å². The van der Waals surface area contributed by atoms with Crippen LogP contribution >= 0.6 is 11.1 Å². The molecule has 0 nitrogen and oxygen atoms in total. The van der Waals surface area contributed by atoms with Crippen molar-refractivity contribution in [3.8, 4) is 0 Å². The highest BCUT2D eigenvalue weighted by molar-refractivity contribution is 6.93. The lowest BCUT2D eigenvalue weighted by Crippen LogP contribution is -1.91. The average Bonchev–Trinajstić information content (AvgIpc) is 1.89. The molecule has 0 N–H and O–H groups in total. The van der Waals surface area contributed by atoms with Gasteiger partial charge in [0.05, 0.1) is 0 Å². The molecule has 56 valence electrons. The molecule has 0 aliphatic rings. The van der Waals surface area contributed by atoms with Gasteiger partial charge >= 0.3 is 0 Å². The van der Waals surface area contributed by atoms with Crippen LogP contribution in [0.1, 0.15) is 33.1 Å². The van der Waals surface area contributed by atoms with Gasteiger partial charge in [-0.1, -0.05) is 33.1 Å². The van der Waals surface area contributed by atoms with E-state index in [0.29, 0.717) is 0 Å². The zero-order chi connectivity index (χ0) is 7.11. The van der Waals surface area contributed by atoms with Crippen LogP contribution in [0.4, 0.5) is 0 Å². The van der Waals surface area contributed by atoms with Crippen LogP contribution in [0.2, 0.25) is 6.04 Å². The molecule has 0 aromatic carbocycles. The molecule has 0 rings (SSSR count). The molecule has 0 saturated carbocycles. The molecule has 1 atom stereocenters. The van der Waals surface area contributed by atoms with Crippen molar-refractivity contribution in [1.29, 1.82) is 0 Å². The zero-order valence-electron chi connectivity index (χ0n) is 6.49. The fourth-order valence-corrected chi connectivity index (χ4v) is 1.84. The van der Waals surface area contributed by atoms with Crippen molar-refractivity contribution < 1.29 is 0 Å². The molecule has 0 heterocycles. The quantitative estimate of drug-likeness (QED) is 0.333. The van der Waals surface area contributed by atoms with Crippen LogP contribution in [0.25, 0.3) is 0 Å². The molecule has 9 heavy (non-hydrogen) atoms. The second-order valence-electron chi connectivity index (χ2n) is 2.70.